The second-order valence-electron chi connectivity index (χ2n) is 6.34. The first kappa shape index (κ1) is 19.9. The SMILES string of the molecule is O=C(O)c1nnn(-c2ccnc3c(C(F)(F)F)cccc23)c1-c1ccc([N+](=O)[O-])cc1. The Morgan fingerprint density at radius 2 is 1.81 bits per heavy atom. The first-order valence-electron chi connectivity index (χ1n) is 8.57. The van der Waals surface area contributed by atoms with Gasteiger partial charge >= 0.3 is 12.1 Å². The molecule has 0 bridgehead atoms. The number of nitro groups is 1. The van der Waals surface area contributed by atoms with Gasteiger partial charge in [-0.2, -0.15) is 13.2 Å². The third-order valence-corrected chi connectivity index (χ3v) is 4.51. The molecule has 0 amide bonds. The fraction of sp³-hybridized carbons (Fsp3) is 0.0526. The molecule has 0 radical (unpaired) electrons. The van der Waals surface area contributed by atoms with Crippen LogP contribution < -0.4 is 0 Å². The van der Waals surface area contributed by atoms with Crippen LogP contribution in [0.5, 0.6) is 0 Å². The van der Waals surface area contributed by atoms with Gasteiger partial charge < -0.3 is 5.11 Å². The van der Waals surface area contributed by atoms with E-state index in [1.165, 1.54) is 42.5 Å². The molecule has 4 rings (SSSR count). The number of aromatic nitrogens is 4. The van der Waals surface area contributed by atoms with Gasteiger partial charge in [-0.05, 0) is 24.3 Å². The fourth-order valence-corrected chi connectivity index (χ4v) is 3.17. The van der Waals surface area contributed by atoms with Crippen molar-refractivity contribution in [2.45, 2.75) is 6.18 Å². The Morgan fingerprint density at radius 3 is 2.42 bits per heavy atom. The average Bonchev–Trinajstić information content (AvgIpc) is 3.17. The minimum atomic E-state index is -4.65. The highest BCUT2D eigenvalue weighted by molar-refractivity contribution is 5.95. The molecule has 0 saturated heterocycles. The minimum Gasteiger partial charge on any atom is -0.476 e. The first-order valence-corrected chi connectivity index (χ1v) is 8.57. The molecule has 0 saturated carbocycles. The summed E-state index contributed by atoms with van der Waals surface area (Å²) in [5.74, 6) is -1.42. The van der Waals surface area contributed by atoms with Crippen molar-refractivity contribution < 1.29 is 28.0 Å². The number of nitro benzene ring substituents is 1. The second kappa shape index (κ2) is 7.16. The Labute approximate surface area is 170 Å². The summed E-state index contributed by atoms with van der Waals surface area (Å²) < 4.78 is 41.3. The molecule has 1 N–H and O–H groups in total. The number of carboxylic acids is 1. The second-order valence-corrected chi connectivity index (χ2v) is 6.34. The Hall–Kier alpha value is -4.35. The predicted octanol–water partition coefficient (Wildman–Crippen LogP) is 4.11. The number of para-hydroxylation sites is 1. The molecule has 0 spiro atoms. The molecule has 2 aromatic heterocycles. The average molecular weight is 429 g/mol. The van der Waals surface area contributed by atoms with Crippen LogP contribution in [-0.2, 0) is 6.18 Å². The molecule has 156 valence electrons. The summed E-state index contributed by atoms with van der Waals surface area (Å²) in [6.45, 7) is 0. The Bertz CT molecular complexity index is 1330. The summed E-state index contributed by atoms with van der Waals surface area (Å²) >= 11 is 0. The van der Waals surface area contributed by atoms with Gasteiger partial charge in [0.1, 0.15) is 5.69 Å². The smallest absolute Gasteiger partial charge is 0.418 e. The van der Waals surface area contributed by atoms with Crippen LogP contribution in [0.2, 0.25) is 0 Å². The van der Waals surface area contributed by atoms with Gasteiger partial charge in [0.15, 0.2) is 5.69 Å². The van der Waals surface area contributed by atoms with Crippen molar-refractivity contribution in [1.29, 1.82) is 0 Å². The molecule has 0 atom stereocenters. The third kappa shape index (κ3) is 3.43. The van der Waals surface area contributed by atoms with Gasteiger partial charge in [-0.25, -0.2) is 9.48 Å². The maximum atomic E-state index is 13.4. The van der Waals surface area contributed by atoms with E-state index in [1.54, 1.807) is 0 Å². The number of carbonyl (C=O) groups is 1. The van der Waals surface area contributed by atoms with Crippen molar-refractivity contribution in [2.24, 2.45) is 0 Å². The fourth-order valence-electron chi connectivity index (χ4n) is 3.17. The predicted molar refractivity (Wildman–Crippen MR) is 101 cm³/mol. The van der Waals surface area contributed by atoms with Crippen LogP contribution in [-0.4, -0.2) is 36.0 Å². The number of carboxylic acid groups (broad SMARTS) is 1. The monoisotopic (exact) mass is 429 g/mol. The van der Waals surface area contributed by atoms with E-state index in [4.69, 9.17) is 0 Å². The van der Waals surface area contributed by atoms with E-state index < -0.39 is 28.3 Å². The molecule has 4 aromatic rings. The molecular formula is C19H10F3N5O4. The summed E-state index contributed by atoms with van der Waals surface area (Å²) in [6.07, 6.45) is -3.50. The normalized spacial score (nSPS) is 11.6. The lowest BCUT2D eigenvalue weighted by atomic mass is 10.1. The van der Waals surface area contributed by atoms with Crippen molar-refractivity contribution in [3.05, 3.63) is 76.1 Å². The number of pyridine rings is 1. The summed E-state index contributed by atoms with van der Waals surface area (Å²) in [5.41, 5.74) is -1.69. The summed E-state index contributed by atoms with van der Waals surface area (Å²) in [7, 11) is 0. The number of hydrogen-bond acceptors (Lipinski definition) is 6. The summed E-state index contributed by atoms with van der Waals surface area (Å²) in [4.78, 5) is 25.8. The van der Waals surface area contributed by atoms with Gasteiger partial charge in [0, 0.05) is 29.3 Å². The van der Waals surface area contributed by atoms with E-state index in [9.17, 15) is 33.2 Å². The van der Waals surface area contributed by atoms with E-state index in [1.807, 2.05) is 0 Å². The minimum absolute atomic E-state index is 0.0488. The van der Waals surface area contributed by atoms with Crippen molar-refractivity contribution in [3.63, 3.8) is 0 Å². The summed E-state index contributed by atoms with van der Waals surface area (Å²) in [6, 6.07) is 9.83. The van der Waals surface area contributed by atoms with Crippen LogP contribution in [0.4, 0.5) is 18.9 Å². The number of rotatable bonds is 4. The van der Waals surface area contributed by atoms with Crippen LogP contribution in [0.25, 0.3) is 27.8 Å². The number of non-ortho nitro benzene ring substituents is 1. The van der Waals surface area contributed by atoms with Crippen LogP contribution in [0.3, 0.4) is 0 Å². The number of benzene rings is 2. The van der Waals surface area contributed by atoms with Gasteiger partial charge in [-0.3, -0.25) is 15.1 Å². The zero-order valence-electron chi connectivity index (χ0n) is 15.2. The lowest BCUT2D eigenvalue weighted by Crippen LogP contribution is -2.08. The third-order valence-electron chi connectivity index (χ3n) is 4.51. The van der Waals surface area contributed by atoms with E-state index in [2.05, 4.69) is 15.3 Å². The number of aromatic carboxylic acids is 1. The zero-order valence-corrected chi connectivity index (χ0v) is 15.2. The first-order chi connectivity index (χ1) is 14.7. The molecule has 0 aliphatic heterocycles. The highest BCUT2D eigenvalue weighted by atomic mass is 19.4. The van der Waals surface area contributed by atoms with Crippen LogP contribution in [0, 0.1) is 10.1 Å². The number of nitrogens with zero attached hydrogens (tertiary/aromatic N) is 5. The van der Waals surface area contributed by atoms with Crippen LogP contribution in [0.15, 0.2) is 54.7 Å². The molecule has 2 aromatic carbocycles. The number of halogens is 3. The maximum absolute atomic E-state index is 13.4. The Kier molecular flexibility index (Phi) is 4.61. The number of hydrogen-bond donors (Lipinski definition) is 1. The van der Waals surface area contributed by atoms with Crippen molar-refractivity contribution in [2.75, 3.05) is 0 Å². The molecule has 0 fully saturated rings. The molecule has 12 heteroatoms. The highest BCUT2D eigenvalue weighted by Gasteiger charge is 2.33. The summed E-state index contributed by atoms with van der Waals surface area (Å²) in [5, 5.41) is 28.0. The van der Waals surface area contributed by atoms with Gasteiger partial charge in [0.05, 0.1) is 21.7 Å². The molecule has 0 aliphatic carbocycles. The standard InChI is InChI=1S/C19H10F3N5O4/c20-19(21,22)13-3-1-2-12-14(8-9-23-15(12)13)26-17(16(18(28)29)24-25-26)10-4-6-11(7-5-10)27(30)31/h1-9H,(H,28,29). The molecule has 0 unspecified atom stereocenters. The number of fused-ring (bicyclic) bond motifs is 1. The molecular weight excluding hydrogens is 419 g/mol. The zero-order chi connectivity index (χ0) is 22.3. The van der Waals surface area contributed by atoms with E-state index in [-0.39, 0.29) is 33.5 Å². The van der Waals surface area contributed by atoms with Crippen LogP contribution >= 0.6 is 0 Å². The van der Waals surface area contributed by atoms with E-state index in [0.717, 1.165) is 16.9 Å². The molecule has 0 aliphatic rings. The maximum Gasteiger partial charge on any atom is 0.418 e. The topological polar surface area (TPSA) is 124 Å². The van der Waals surface area contributed by atoms with E-state index >= 15 is 0 Å². The van der Waals surface area contributed by atoms with Crippen molar-refractivity contribution in [3.8, 4) is 16.9 Å². The van der Waals surface area contributed by atoms with Crippen molar-refractivity contribution in [1.82, 2.24) is 20.0 Å². The largest absolute Gasteiger partial charge is 0.476 e. The van der Waals surface area contributed by atoms with Gasteiger partial charge in [0.25, 0.3) is 5.69 Å². The van der Waals surface area contributed by atoms with Gasteiger partial charge in [-0.1, -0.05) is 17.3 Å². The van der Waals surface area contributed by atoms with E-state index in [0.29, 0.717) is 0 Å². The van der Waals surface area contributed by atoms with Crippen molar-refractivity contribution >= 4 is 22.6 Å². The molecule has 9 nitrogen and oxygen atoms in total. The van der Waals surface area contributed by atoms with Crippen LogP contribution in [0.1, 0.15) is 16.1 Å². The van der Waals surface area contributed by atoms with Gasteiger partial charge in [-0.15, -0.1) is 5.10 Å². The lowest BCUT2D eigenvalue weighted by molar-refractivity contribution is -0.384. The number of alkyl halides is 3. The van der Waals surface area contributed by atoms with Gasteiger partial charge in [0.2, 0.25) is 0 Å². The molecule has 2 heterocycles. The Balaban J connectivity index is 1.99. The highest BCUT2D eigenvalue weighted by Crippen LogP contribution is 2.36. The Morgan fingerprint density at radius 1 is 1.10 bits per heavy atom. The lowest BCUT2D eigenvalue weighted by Gasteiger charge is -2.13. The quantitative estimate of drug-likeness (QED) is 0.382. The molecule has 31 heavy (non-hydrogen) atoms.